The third-order valence-corrected chi connectivity index (χ3v) is 11.0. The average Bonchev–Trinajstić information content (AvgIpc) is 3.97. The Morgan fingerprint density at radius 3 is 1.42 bits per heavy atom. The molecule has 57 heavy (non-hydrogen) atoms. The van der Waals surface area contributed by atoms with Gasteiger partial charge >= 0.3 is 0 Å². The first-order valence-corrected chi connectivity index (χ1v) is 18.9. The maximum atomic E-state index is 6.65. The molecule has 0 atom stereocenters. The van der Waals surface area contributed by atoms with Crippen LogP contribution < -0.4 is 0 Å². The van der Waals surface area contributed by atoms with Gasteiger partial charge in [0.05, 0.1) is 0 Å². The van der Waals surface area contributed by atoms with Gasteiger partial charge in [-0.15, -0.1) is 0 Å². The van der Waals surface area contributed by atoms with E-state index < -0.39 is 0 Å². The third-order valence-electron chi connectivity index (χ3n) is 11.0. The minimum atomic E-state index is 0.560. The monoisotopic (exact) mass is 731 g/mol. The topological polar surface area (TPSA) is 78.1 Å². The van der Waals surface area contributed by atoms with Crippen LogP contribution in [0.5, 0.6) is 0 Å². The summed E-state index contributed by atoms with van der Waals surface area (Å²) in [6.45, 7) is 0. The number of para-hydroxylation sites is 2. The molecule has 0 aliphatic rings. The number of hydrogen-bond acceptors (Lipinski definition) is 6. The van der Waals surface area contributed by atoms with E-state index in [4.69, 9.17) is 28.2 Å². The molecule has 0 bridgehead atoms. The van der Waals surface area contributed by atoms with Gasteiger partial charge in [-0.1, -0.05) is 121 Å². The van der Waals surface area contributed by atoms with Crippen LogP contribution in [0.4, 0.5) is 0 Å². The fraction of sp³-hybridized carbons (Fsp3) is 0. The summed E-state index contributed by atoms with van der Waals surface area (Å²) in [5.74, 6) is 1.73. The van der Waals surface area contributed by atoms with Crippen LogP contribution in [0.15, 0.2) is 189 Å². The molecule has 4 aromatic heterocycles. The van der Waals surface area contributed by atoms with E-state index >= 15 is 0 Å². The van der Waals surface area contributed by atoms with Crippen LogP contribution in [-0.2, 0) is 0 Å². The summed E-state index contributed by atoms with van der Waals surface area (Å²) in [5.41, 5.74) is 12.1. The molecule has 0 saturated heterocycles. The van der Waals surface area contributed by atoms with Crippen molar-refractivity contribution in [3.8, 4) is 56.4 Å². The van der Waals surface area contributed by atoms with Crippen molar-refractivity contribution in [3.63, 3.8) is 0 Å². The van der Waals surface area contributed by atoms with Crippen LogP contribution in [0.25, 0.3) is 122 Å². The van der Waals surface area contributed by atoms with Crippen LogP contribution in [0, 0.1) is 0 Å². The van der Waals surface area contributed by atoms with Crippen molar-refractivity contribution in [2.24, 2.45) is 0 Å². The molecule has 0 aliphatic carbocycles. The molecule has 0 saturated carbocycles. The summed E-state index contributed by atoms with van der Waals surface area (Å²) in [6.07, 6.45) is 0. The molecule has 12 rings (SSSR count). The lowest BCUT2D eigenvalue weighted by Gasteiger charge is -2.12. The zero-order valence-corrected chi connectivity index (χ0v) is 30.3. The first-order valence-electron chi connectivity index (χ1n) is 18.9. The van der Waals surface area contributed by atoms with Gasteiger partial charge in [-0.2, -0.15) is 0 Å². The van der Waals surface area contributed by atoms with E-state index in [-0.39, 0.29) is 0 Å². The van der Waals surface area contributed by atoms with Gasteiger partial charge in [-0.3, -0.25) is 0 Å². The molecule has 6 nitrogen and oxygen atoms in total. The normalized spacial score (nSPS) is 11.9. The highest BCUT2D eigenvalue weighted by atomic mass is 16.3. The quantitative estimate of drug-likeness (QED) is 0.175. The van der Waals surface area contributed by atoms with Crippen LogP contribution in [0.2, 0.25) is 0 Å². The minimum Gasteiger partial charge on any atom is -0.456 e. The van der Waals surface area contributed by atoms with Crippen LogP contribution in [0.1, 0.15) is 0 Å². The fourth-order valence-corrected chi connectivity index (χ4v) is 8.36. The molecule has 0 unspecified atom stereocenters. The molecule has 0 spiro atoms. The van der Waals surface area contributed by atoms with E-state index in [1.807, 2.05) is 91.0 Å². The van der Waals surface area contributed by atoms with E-state index in [0.717, 1.165) is 105 Å². The number of nitrogens with zero attached hydrogens (tertiary/aromatic N) is 3. The molecule has 0 fully saturated rings. The molecule has 12 aromatic rings. The second-order valence-electron chi connectivity index (χ2n) is 14.3. The van der Waals surface area contributed by atoms with Crippen LogP contribution in [0.3, 0.4) is 0 Å². The van der Waals surface area contributed by atoms with Crippen molar-refractivity contribution in [1.29, 1.82) is 0 Å². The van der Waals surface area contributed by atoms with Gasteiger partial charge in [0.15, 0.2) is 17.5 Å². The van der Waals surface area contributed by atoms with Crippen molar-refractivity contribution in [2.45, 2.75) is 0 Å². The van der Waals surface area contributed by atoms with Gasteiger partial charge in [0.25, 0.3) is 0 Å². The third kappa shape index (κ3) is 5.01. The van der Waals surface area contributed by atoms with Gasteiger partial charge in [0.1, 0.15) is 33.5 Å². The van der Waals surface area contributed by atoms with E-state index in [0.29, 0.717) is 17.5 Å². The second-order valence-corrected chi connectivity index (χ2v) is 14.3. The van der Waals surface area contributed by atoms with E-state index in [1.54, 1.807) is 0 Å². The minimum absolute atomic E-state index is 0.560. The summed E-state index contributed by atoms with van der Waals surface area (Å²) in [7, 11) is 0. The lowest BCUT2D eigenvalue weighted by Crippen LogP contribution is -2.00. The number of furan rings is 3. The average molecular weight is 732 g/mol. The van der Waals surface area contributed by atoms with Gasteiger partial charge in [0, 0.05) is 49.0 Å². The summed E-state index contributed by atoms with van der Waals surface area (Å²) in [6, 6.07) is 59.9. The second kappa shape index (κ2) is 12.3. The smallest absolute Gasteiger partial charge is 0.164 e. The van der Waals surface area contributed by atoms with Gasteiger partial charge in [-0.25, -0.2) is 15.0 Å². The largest absolute Gasteiger partial charge is 0.456 e. The molecule has 266 valence electrons. The number of benzene rings is 8. The Morgan fingerprint density at radius 1 is 0.263 bits per heavy atom. The van der Waals surface area contributed by atoms with E-state index in [2.05, 4.69) is 84.9 Å². The highest BCUT2D eigenvalue weighted by Gasteiger charge is 2.20. The Bertz CT molecular complexity index is 3540. The number of rotatable bonds is 5. The molecule has 8 aromatic carbocycles. The van der Waals surface area contributed by atoms with Crippen molar-refractivity contribution in [2.75, 3.05) is 0 Å². The van der Waals surface area contributed by atoms with Crippen LogP contribution in [-0.4, -0.2) is 15.0 Å². The molecule has 0 radical (unpaired) electrons. The molecule has 6 heteroatoms. The summed E-state index contributed by atoms with van der Waals surface area (Å²) in [4.78, 5) is 15.1. The Kier molecular flexibility index (Phi) is 6.83. The molecule has 0 amide bonds. The maximum absolute atomic E-state index is 6.65. The van der Waals surface area contributed by atoms with Gasteiger partial charge < -0.3 is 13.3 Å². The highest BCUT2D eigenvalue weighted by molar-refractivity contribution is 6.17. The maximum Gasteiger partial charge on any atom is 0.164 e. The SMILES string of the molecule is c1ccc(-c2nc(-c3ccc4c(c3)oc3cccc(-c5ccccc5-c5cccc6oc7ccccc7c56)c34)nc(-c3ccc4oc5ccccc5c4c3)n2)cc1. The molecule has 0 N–H and O–H groups in total. The van der Waals surface area contributed by atoms with Gasteiger partial charge in [-0.05, 0) is 76.9 Å². The van der Waals surface area contributed by atoms with Gasteiger partial charge in [0.2, 0.25) is 0 Å². The van der Waals surface area contributed by atoms with Crippen LogP contribution >= 0.6 is 0 Å². The Labute approximate surface area is 325 Å². The zero-order valence-electron chi connectivity index (χ0n) is 30.3. The van der Waals surface area contributed by atoms with Crippen molar-refractivity contribution < 1.29 is 13.3 Å². The first kappa shape index (κ1) is 31.5. The predicted octanol–water partition coefficient (Wildman–Crippen LogP) is 13.9. The van der Waals surface area contributed by atoms with E-state index in [1.165, 1.54) is 0 Å². The Balaban J connectivity index is 1.02. The molecule has 0 aliphatic heterocycles. The van der Waals surface area contributed by atoms with Crippen molar-refractivity contribution >= 4 is 65.8 Å². The highest BCUT2D eigenvalue weighted by Crippen LogP contribution is 2.44. The van der Waals surface area contributed by atoms with E-state index in [9.17, 15) is 0 Å². The lowest BCUT2D eigenvalue weighted by atomic mass is 9.90. The number of fused-ring (bicyclic) bond motifs is 9. The lowest BCUT2D eigenvalue weighted by molar-refractivity contribution is 0.668. The summed E-state index contributed by atoms with van der Waals surface area (Å²) in [5, 5.41) is 6.35. The molecular formula is C51H29N3O3. The number of hydrogen-bond donors (Lipinski definition) is 0. The summed E-state index contributed by atoms with van der Waals surface area (Å²) >= 11 is 0. The predicted molar refractivity (Wildman–Crippen MR) is 229 cm³/mol. The standard InChI is InChI=1S/C51H29N3O3/c1-2-12-30(13-3-1)49-52-50(31-25-27-43-40(28-31)35-16-6-8-20-41(35)55-43)54-51(53-49)32-24-26-39-46(29-32)57-45-23-11-19-37(48(39)45)34-15-5-4-14-33(34)36-18-10-22-44-47(36)38-17-7-9-21-42(38)56-44/h1-29H. The summed E-state index contributed by atoms with van der Waals surface area (Å²) < 4.78 is 19.1. The number of aromatic nitrogens is 3. The zero-order chi connectivity index (χ0) is 37.5. The van der Waals surface area contributed by atoms with Crippen molar-refractivity contribution in [3.05, 3.63) is 176 Å². The van der Waals surface area contributed by atoms with Crippen molar-refractivity contribution in [1.82, 2.24) is 15.0 Å². The Morgan fingerprint density at radius 2 is 0.719 bits per heavy atom. The fourth-order valence-electron chi connectivity index (χ4n) is 8.36. The Hall–Kier alpha value is -7.83. The first-order chi connectivity index (χ1) is 28.2. The molecular weight excluding hydrogens is 703 g/mol. The molecule has 4 heterocycles.